The van der Waals surface area contributed by atoms with E-state index in [2.05, 4.69) is 9.62 Å². The van der Waals surface area contributed by atoms with Crippen molar-refractivity contribution in [3.8, 4) is 5.75 Å². The van der Waals surface area contributed by atoms with Gasteiger partial charge in [0.15, 0.2) is 0 Å². The van der Waals surface area contributed by atoms with Crippen molar-refractivity contribution in [1.29, 1.82) is 0 Å². The lowest BCUT2D eigenvalue weighted by Gasteiger charge is -2.33. The van der Waals surface area contributed by atoms with Crippen molar-refractivity contribution < 1.29 is 22.7 Å². The predicted molar refractivity (Wildman–Crippen MR) is 104 cm³/mol. The predicted octanol–water partition coefficient (Wildman–Crippen LogP) is 2.14. The van der Waals surface area contributed by atoms with Gasteiger partial charge in [-0.15, -0.1) is 0 Å². The van der Waals surface area contributed by atoms with Crippen molar-refractivity contribution in [3.63, 3.8) is 0 Å². The van der Waals surface area contributed by atoms with Crippen LogP contribution in [0, 0.1) is 5.82 Å². The molecule has 3 rings (SSSR count). The fourth-order valence-electron chi connectivity index (χ4n) is 3.33. The summed E-state index contributed by atoms with van der Waals surface area (Å²) < 4.78 is 46.4. The van der Waals surface area contributed by atoms with Crippen LogP contribution >= 0.6 is 0 Å². The molecule has 152 valence electrons. The second-order valence-electron chi connectivity index (χ2n) is 6.87. The monoisotopic (exact) mass is 408 g/mol. The van der Waals surface area contributed by atoms with Gasteiger partial charge in [-0.2, -0.15) is 0 Å². The molecule has 1 atom stereocenters. The van der Waals surface area contributed by atoms with Crippen molar-refractivity contribution in [1.82, 2.24) is 9.62 Å². The number of ether oxygens (including phenoxy) is 1. The van der Waals surface area contributed by atoms with E-state index in [1.54, 1.807) is 0 Å². The zero-order valence-corrected chi connectivity index (χ0v) is 16.4. The van der Waals surface area contributed by atoms with Gasteiger partial charge < -0.3 is 9.84 Å². The number of hydrogen-bond donors (Lipinski definition) is 2. The van der Waals surface area contributed by atoms with Gasteiger partial charge in [0.05, 0.1) is 11.5 Å². The molecular formula is C20H25FN2O4S. The molecule has 2 N–H and O–H groups in total. The molecule has 1 fully saturated rings. The number of nitrogens with zero attached hydrogens (tertiary/aromatic N) is 1. The molecule has 1 heterocycles. The maximum Gasteiger partial charge on any atom is 0.240 e. The highest BCUT2D eigenvalue weighted by Crippen LogP contribution is 2.19. The van der Waals surface area contributed by atoms with Gasteiger partial charge in [-0.1, -0.05) is 18.2 Å². The first-order chi connectivity index (χ1) is 13.5. The minimum Gasteiger partial charge on any atom is -0.491 e. The molecule has 1 saturated heterocycles. The molecule has 0 aliphatic carbocycles. The quantitative estimate of drug-likeness (QED) is 0.700. The minimum absolute atomic E-state index is 0.0253. The molecule has 0 spiro atoms. The summed E-state index contributed by atoms with van der Waals surface area (Å²) in [5, 5.41) is 8.79. The van der Waals surface area contributed by atoms with Gasteiger partial charge in [0, 0.05) is 19.1 Å². The number of likely N-dealkylation sites (tertiary alicyclic amines) is 1. The third kappa shape index (κ3) is 5.75. The Kier molecular flexibility index (Phi) is 7.01. The normalized spacial score (nSPS) is 18.1. The zero-order valence-electron chi connectivity index (χ0n) is 15.6. The number of rotatable bonds is 8. The lowest BCUT2D eigenvalue weighted by molar-refractivity contribution is 0.194. The highest BCUT2D eigenvalue weighted by Gasteiger charge is 2.25. The van der Waals surface area contributed by atoms with Gasteiger partial charge in [0.25, 0.3) is 0 Å². The maximum absolute atomic E-state index is 13.4. The molecule has 2 aromatic carbocycles. The Bertz CT molecular complexity index is 874. The summed E-state index contributed by atoms with van der Waals surface area (Å²) in [6.45, 7) is 2.43. The van der Waals surface area contributed by atoms with Crippen LogP contribution in [0.25, 0.3) is 0 Å². The van der Waals surface area contributed by atoms with E-state index in [4.69, 9.17) is 9.84 Å². The molecule has 0 radical (unpaired) electrons. The van der Waals surface area contributed by atoms with E-state index in [1.165, 1.54) is 18.2 Å². The number of benzene rings is 2. The number of nitrogens with one attached hydrogen (secondary N) is 1. The molecule has 0 aromatic heterocycles. The minimum atomic E-state index is -3.75. The average molecular weight is 408 g/mol. The van der Waals surface area contributed by atoms with Crippen LogP contribution in [0.1, 0.15) is 18.4 Å². The molecule has 0 saturated carbocycles. The van der Waals surface area contributed by atoms with Crippen LogP contribution in [-0.2, 0) is 16.6 Å². The standard InChI is InChI=1S/C20H25FN2O4S/c21-17-3-1-5-20(13-17)28(25,26)22-18-4-2-10-23(15-18)14-16-6-8-19(9-7-16)27-12-11-24/h1,3,5-9,13,18,22,24H,2,4,10-12,14-15H2/t18-/m1/s1. The Hall–Kier alpha value is -2.00. The highest BCUT2D eigenvalue weighted by molar-refractivity contribution is 7.89. The molecule has 8 heteroatoms. The van der Waals surface area contributed by atoms with Crippen LogP contribution in [0.4, 0.5) is 4.39 Å². The van der Waals surface area contributed by atoms with Gasteiger partial charge in [-0.3, -0.25) is 4.90 Å². The smallest absolute Gasteiger partial charge is 0.240 e. The molecule has 0 bridgehead atoms. The Labute approximate surface area is 165 Å². The highest BCUT2D eigenvalue weighted by atomic mass is 32.2. The molecule has 0 unspecified atom stereocenters. The van der Waals surface area contributed by atoms with E-state index in [9.17, 15) is 12.8 Å². The van der Waals surface area contributed by atoms with Crippen LogP contribution in [0.2, 0.25) is 0 Å². The summed E-state index contributed by atoms with van der Waals surface area (Å²) in [5.74, 6) is 0.136. The molecule has 1 aliphatic heterocycles. The second-order valence-corrected chi connectivity index (χ2v) is 8.58. The van der Waals surface area contributed by atoms with Crippen LogP contribution in [0.5, 0.6) is 5.75 Å². The van der Waals surface area contributed by atoms with E-state index < -0.39 is 15.8 Å². The second kappa shape index (κ2) is 9.47. The summed E-state index contributed by atoms with van der Waals surface area (Å²) in [5.41, 5.74) is 1.10. The Balaban J connectivity index is 1.58. The van der Waals surface area contributed by atoms with Gasteiger partial charge in [-0.05, 0) is 55.3 Å². The van der Waals surface area contributed by atoms with Crippen molar-refractivity contribution in [3.05, 3.63) is 59.9 Å². The van der Waals surface area contributed by atoms with Crippen LogP contribution in [0.15, 0.2) is 53.4 Å². The lowest BCUT2D eigenvalue weighted by atomic mass is 10.1. The number of piperidine rings is 1. The number of aliphatic hydroxyl groups excluding tert-OH is 1. The van der Waals surface area contributed by atoms with E-state index in [0.29, 0.717) is 18.8 Å². The largest absolute Gasteiger partial charge is 0.491 e. The summed E-state index contributed by atoms with van der Waals surface area (Å²) >= 11 is 0. The van der Waals surface area contributed by atoms with Crippen molar-refractivity contribution >= 4 is 10.0 Å². The van der Waals surface area contributed by atoms with E-state index in [1.807, 2.05) is 24.3 Å². The van der Waals surface area contributed by atoms with Gasteiger partial charge in [0.2, 0.25) is 10.0 Å². The van der Waals surface area contributed by atoms with E-state index >= 15 is 0 Å². The Morgan fingerprint density at radius 2 is 2.00 bits per heavy atom. The first kappa shape index (κ1) is 20.7. The third-order valence-corrected chi connectivity index (χ3v) is 6.14. The number of halogens is 1. The van der Waals surface area contributed by atoms with Crippen molar-refractivity contribution in [2.75, 3.05) is 26.3 Å². The average Bonchev–Trinajstić information content (AvgIpc) is 2.67. The van der Waals surface area contributed by atoms with Crippen LogP contribution in [-0.4, -0.2) is 50.8 Å². The lowest BCUT2D eigenvalue weighted by Crippen LogP contribution is -2.47. The first-order valence-corrected chi connectivity index (χ1v) is 10.8. The molecular weight excluding hydrogens is 383 g/mol. The molecule has 28 heavy (non-hydrogen) atoms. The van der Waals surface area contributed by atoms with Gasteiger partial charge in [-0.25, -0.2) is 17.5 Å². The molecule has 6 nitrogen and oxygen atoms in total. The summed E-state index contributed by atoms with van der Waals surface area (Å²) in [6.07, 6.45) is 1.63. The van der Waals surface area contributed by atoms with E-state index in [-0.39, 0.29) is 24.2 Å². The van der Waals surface area contributed by atoms with Crippen LogP contribution in [0.3, 0.4) is 0 Å². The summed E-state index contributed by atoms with van der Waals surface area (Å²) in [4.78, 5) is 2.15. The van der Waals surface area contributed by atoms with Crippen molar-refractivity contribution in [2.45, 2.75) is 30.3 Å². The maximum atomic E-state index is 13.4. The fraction of sp³-hybridized carbons (Fsp3) is 0.400. The van der Waals surface area contributed by atoms with Crippen molar-refractivity contribution in [2.24, 2.45) is 0 Å². The van der Waals surface area contributed by atoms with Gasteiger partial charge >= 0.3 is 0 Å². The van der Waals surface area contributed by atoms with Gasteiger partial charge in [0.1, 0.15) is 18.2 Å². The topological polar surface area (TPSA) is 78.9 Å². The number of aliphatic hydroxyl groups is 1. The number of sulfonamides is 1. The summed E-state index contributed by atoms with van der Waals surface area (Å²) in [6, 6.07) is 12.5. The third-order valence-electron chi connectivity index (χ3n) is 4.62. The first-order valence-electron chi connectivity index (χ1n) is 9.29. The molecule has 2 aromatic rings. The SMILES string of the molecule is O=S(=O)(N[C@@H]1CCCN(Cc2ccc(OCCO)cc2)C1)c1cccc(F)c1. The fourth-order valence-corrected chi connectivity index (χ4v) is 4.62. The summed E-state index contributed by atoms with van der Waals surface area (Å²) in [7, 11) is -3.75. The Morgan fingerprint density at radius 3 is 2.71 bits per heavy atom. The number of hydrogen-bond acceptors (Lipinski definition) is 5. The van der Waals surface area contributed by atoms with E-state index in [0.717, 1.165) is 31.0 Å². The molecule has 1 aliphatic rings. The zero-order chi connectivity index (χ0) is 20.0. The van der Waals surface area contributed by atoms with Crippen LogP contribution < -0.4 is 9.46 Å². The Morgan fingerprint density at radius 1 is 1.21 bits per heavy atom. The molecule has 0 amide bonds.